The Morgan fingerprint density at radius 3 is 2.06 bits per heavy atom. The molecule has 1 N–H and O–H groups in total. The fraction of sp³-hybridized carbons (Fsp3) is 0.125. The average Bonchev–Trinajstić information content (AvgIpc) is 2.83. The van der Waals surface area contributed by atoms with Gasteiger partial charge in [-0.05, 0) is 60.2 Å². The van der Waals surface area contributed by atoms with Crippen LogP contribution in [-0.4, -0.2) is 32.1 Å². The molecule has 0 heterocycles. The van der Waals surface area contributed by atoms with Gasteiger partial charge in [0.2, 0.25) is 0 Å². The summed E-state index contributed by atoms with van der Waals surface area (Å²) in [4.78, 5) is 36.6. The van der Waals surface area contributed by atoms with Gasteiger partial charge in [-0.15, -0.1) is 0 Å². The molecule has 0 aromatic heterocycles. The normalized spacial score (nSPS) is 10.2. The first-order valence-electron chi connectivity index (χ1n) is 9.50. The molecule has 3 aromatic carbocycles. The number of amides is 1. The Morgan fingerprint density at radius 1 is 0.812 bits per heavy atom. The highest BCUT2D eigenvalue weighted by molar-refractivity contribution is 6.30. The Kier molecular flexibility index (Phi) is 7.46. The molecular weight excluding hydrogens is 434 g/mol. The summed E-state index contributed by atoms with van der Waals surface area (Å²) in [7, 11) is 2.47. The zero-order valence-corrected chi connectivity index (χ0v) is 18.1. The lowest BCUT2D eigenvalue weighted by atomic mass is 10.1. The predicted molar refractivity (Wildman–Crippen MR) is 119 cm³/mol. The first kappa shape index (κ1) is 22.8. The molecule has 0 aliphatic heterocycles. The SMILES string of the molecule is COC(=O)c1ccc(C(=O)OC)c(NC(=O)c2ccc(COc3ccc(Cl)cc3)cc2)c1. The van der Waals surface area contributed by atoms with Gasteiger partial charge in [-0.1, -0.05) is 23.7 Å². The molecule has 0 unspecified atom stereocenters. The van der Waals surface area contributed by atoms with Gasteiger partial charge in [0.05, 0.1) is 31.0 Å². The number of carbonyl (C=O) groups excluding carboxylic acids is 3. The van der Waals surface area contributed by atoms with Crippen LogP contribution in [0.1, 0.15) is 36.6 Å². The second-order valence-electron chi connectivity index (χ2n) is 6.64. The zero-order valence-electron chi connectivity index (χ0n) is 17.4. The third-order valence-corrected chi connectivity index (χ3v) is 4.78. The van der Waals surface area contributed by atoms with Crippen molar-refractivity contribution in [1.29, 1.82) is 0 Å². The number of rotatable bonds is 7. The Hall–Kier alpha value is -3.84. The lowest BCUT2D eigenvalue weighted by molar-refractivity contribution is 0.0587. The van der Waals surface area contributed by atoms with E-state index in [1.807, 2.05) is 0 Å². The number of nitrogens with one attached hydrogen (secondary N) is 1. The molecule has 3 aromatic rings. The molecule has 3 rings (SSSR count). The Bertz CT molecular complexity index is 1130. The average molecular weight is 454 g/mol. The standard InChI is InChI=1S/C24H20ClNO6/c1-30-23(28)17-7-12-20(24(29)31-2)21(13-17)26-22(27)16-5-3-15(4-6-16)14-32-19-10-8-18(25)9-11-19/h3-13H,14H2,1-2H3,(H,26,27). The summed E-state index contributed by atoms with van der Waals surface area (Å²) in [5.41, 5.74) is 1.66. The molecule has 0 aliphatic carbocycles. The number of methoxy groups -OCH3 is 2. The molecule has 0 fully saturated rings. The van der Waals surface area contributed by atoms with Gasteiger partial charge >= 0.3 is 11.9 Å². The van der Waals surface area contributed by atoms with E-state index >= 15 is 0 Å². The van der Waals surface area contributed by atoms with Crippen molar-refractivity contribution in [2.45, 2.75) is 6.61 Å². The van der Waals surface area contributed by atoms with E-state index in [0.29, 0.717) is 22.9 Å². The van der Waals surface area contributed by atoms with Crippen LogP contribution in [0.25, 0.3) is 0 Å². The van der Waals surface area contributed by atoms with Crippen molar-refractivity contribution in [2.24, 2.45) is 0 Å². The van der Waals surface area contributed by atoms with Crippen LogP contribution in [0.2, 0.25) is 5.02 Å². The van der Waals surface area contributed by atoms with E-state index in [4.69, 9.17) is 25.8 Å². The Balaban J connectivity index is 1.72. The molecule has 0 bridgehead atoms. The number of hydrogen-bond donors (Lipinski definition) is 1. The molecule has 0 spiro atoms. The summed E-state index contributed by atoms with van der Waals surface area (Å²) in [6, 6.07) is 18.0. The fourth-order valence-electron chi connectivity index (χ4n) is 2.82. The number of halogens is 1. The minimum atomic E-state index is -0.647. The molecule has 32 heavy (non-hydrogen) atoms. The number of anilines is 1. The van der Waals surface area contributed by atoms with E-state index in [1.165, 1.54) is 32.4 Å². The maximum atomic E-state index is 12.7. The number of ether oxygens (including phenoxy) is 3. The summed E-state index contributed by atoms with van der Waals surface area (Å²) in [6.45, 7) is 0.317. The van der Waals surface area contributed by atoms with Crippen molar-refractivity contribution in [2.75, 3.05) is 19.5 Å². The van der Waals surface area contributed by atoms with Crippen LogP contribution in [-0.2, 0) is 16.1 Å². The molecular formula is C24H20ClNO6. The van der Waals surface area contributed by atoms with E-state index < -0.39 is 17.8 Å². The largest absolute Gasteiger partial charge is 0.489 e. The Labute approximate surface area is 189 Å². The third kappa shape index (κ3) is 5.65. The van der Waals surface area contributed by atoms with E-state index in [1.54, 1.807) is 48.5 Å². The summed E-state index contributed by atoms with van der Waals surface area (Å²) in [5.74, 6) is -1.02. The van der Waals surface area contributed by atoms with Crippen LogP contribution < -0.4 is 10.1 Å². The second kappa shape index (κ2) is 10.5. The minimum absolute atomic E-state index is 0.112. The maximum absolute atomic E-state index is 12.7. The van der Waals surface area contributed by atoms with Crippen LogP contribution in [0.4, 0.5) is 5.69 Å². The molecule has 8 heteroatoms. The van der Waals surface area contributed by atoms with Crippen molar-refractivity contribution in [1.82, 2.24) is 0 Å². The number of carbonyl (C=O) groups is 3. The summed E-state index contributed by atoms with van der Waals surface area (Å²) < 4.78 is 15.1. The summed E-state index contributed by atoms with van der Waals surface area (Å²) >= 11 is 5.86. The monoisotopic (exact) mass is 453 g/mol. The molecule has 164 valence electrons. The van der Waals surface area contributed by atoms with Crippen molar-refractivity contribution < 1.29 is 28.6 Å². The smallest absolute Gasteiger partial charge is 0.339 e. The van der Waals surface area contributed by atoms with Gasteiger partial charge < -0.3 is 19.5 Å². The third-order valence-electron chi connectivity index (χ3n) is 4.53. The molecule has 7 nitrogen and oxygen atoms in total. The van der Waals surface area contributed by atoms with Crippen molar-refractivity contribution >= 4 is 35.1 Å². The van der Waals surface area contributed by atoms with E-state index in [9.17, 15) is 14.4 Å². The van der Waals surface area contributed by atoms with Gasteiger partial charge in [0, 0.05) is 10.6 Å². The molecule has 0 atom stereocenters. The first-order valence-corrected chi connectivity index (χ1v) is 9.88. The van der Waals surface area contributed by atoms with Crippen LogP contribution in [0.5, 0.6) is 5.75 Å². The highest BCUT2D eigenvalue weighted by atomic mass is 35.5. The van der Waals surface area contributed by atoms with Gasteiger partial charge in [-0.3, -0.25) is 4.79 Å². The fourth-order valence-corrected chi connectivity index (χ4v) is 2.95. The lowest BCUT2D eigenvalue weighted by Crippen LogP contribution is -2.16. The molecule has 0 radical (unpaired) electrons. The van der Waals surface area contributed by atoms with Crippen LogP contribution >= 0.6 is 11.6 Å². The van der Waals surface area contributed by atoms with Gasteiger partial charge in [0.25, 0.3) is 5.91 Å². The van der Waals surface area contributed by atoms with E-state index in [0.717, 1.165) is 5.56 Å². The van der Waals surface area contributed by atoms with Gasteiger partial charge in [0.15, 0.2) is 0 Å². The molecule has 1 amide bonds. The van der Waals surface area contributed by atoms with Gasteiger partial charge in [-0.25, -0.2) is 9.59 Å². The summed E-state index contributed by atoms with van der Waals surface area (Å²) in [5, 5.41) is 3.28. The van der Waals surface area contributed by atoms with E-state index in [2.05, 4.69) is 5.32 Å². The number of esters is 2. The van der Waals surface area contributed by atoms with Crippen LogP contribution in [0, 0.1) is 0 Å². The van der Waals surface area contributed by atoms with Crippen molar-refractivity contribution in [3.63, 3.8) is 0 Å². The Morgan fingerprint density at radius 2 is 1.44 bits per heavy atom. The summed E-state index contributed by atoms with van der Waals surface area (Å²) in [6.07, 6.45) is 0. The predicted octanol–water partition coefficient (Wildman–Crippen LogP) is 4.74. The highest BCUT2D eigenvalue weighted by Crippen LogP contribution is 2.21. The van der Waals surface area contributed by atoms with Gasteiger partial charge in [-0.2, -0.15) is 0 Å². The maximum Gasteiger partial charge on any atom is 0.339 e. The minimum Gasteiger partial charge on any atom is -0.489 e. The molecule has 0 saturated carbocycles. The molecule has 0 saturated heterocycles. The topological polar surface area (TPSA) is 90.9 Å². The lowest BCUT2D eigenvalue weighted by Gasteiger charge is -2.12. The van der Waals surface area contributed by atoms with E-state index in [-0.39, 0.29) is 16.8 Å². The van der Waals surface area contributed by atoms with Gasteiger partial charge in [0.1, 0.15) is 12.4 Å². The molecule has 0 aliphatic rings. The second-order valence-corrected chi connectivity index (χ2v) is 7.07. The zero-order chi connectivity index (χ0) is 23.1. The van der Waals surface area contributed by atoms with Crippen LogP contribution in [0.15, 0.2) is 66.7 Å². The number of hydrogen-bond acceptors (Lipinski definition) is 6. The van der Waals surface area contributed by atoms with Crippen molar-refractivity contribution in [3.8, 4) is 5.75 Å². The first-order chi connectivity index (χ1) is 15.4. The quantitative estimate of drug-likeness (QED) is 0.519. The highest BCUT2D eigenvalue weighted by Gasteiger charge is 2.18. The van der Waals surface area contributed by atoms with Crippen LogP contribution in [0.3, 0.4) is 0 Å². The number of benzene rings is 3. The van der Waals surface area contributed by atoms with Crippen molar-refractivity contribution in [3.05, 3.63) is 94.0 Å².